The van der Waals surface area contributed by atoms with Gasteiger partial charge in [-0.25, -0.2) is 9.48 Å². The lowest BCUT2D eigenvalue weighted by atomic mass is 9.90. The number of nitrogens with zero attached hydrogens (tertiary/aromatic N) is 3. The summed E-state index contributed by atoms with van der Waals surface area (Å²) in [4.78, 5) is 38.2. The van der Waals surface area contributed by atoms with Crippen molar-refractivity contribution in [1.29, 1.82) is 5.26 Å². The second-order valence-corrected chi connectivity index (χ2v) is 8.14. The van der Waals surface area contributed by atoms with E-state index in [1.54, 1.807) is 31.2 Å². The fraction of sp³-hybridized carbons (Fsp3) is 0.522. The van der Waals surface area contributed by atoms with Crippen molar-refractivity contribution in [1.82, 2.24) is 15.1 Å². The number of amides is 1. The number of carbonyl (C=O) groups excluding carboxylic acids is 2. The molecule has 0 spiro atoms. The minimum absolute atomic E-state index is 0.0155. The summed E-state index contributed by atoms with van der Waals surface area (Å²) in [6.07, 6.45) is 1.55. The van der Waals surface area contributed by atoms with Crippen LogP contribution in [0.2, 0.25) is 0 Å². The minimum atomic E-state index is -1.14. The summed E-state index contributed by atoms with van der Waals surface area (Å²) in [6, 6.07) is 8.79. The normalized spacial score (nSPS) is 14.0. The molecule has 0 bridgehead atoms. The number of benzene rings is 1. The number of ether oxygens (including phenoxy) is 1. The van der Waals surface area contributed by atoms with Crippen LogP contribution in [-0.2, 0) is 16.1 Å². The molecule has 0 aliphatic carbocycles. The summed E-state index contributed by atoms with van der Waals surface area (Å²) in [6.45, 7) is 9.14. The van der Waals surface area contributed by atoms with E-state index in [9.17, 15) is 19.6 Å². The topological polar surface area (TPSA) is 114 Å². The first kappa shape index (κ1) is 24.1. The molecule has 1 amide bonds. The van der Waals surface area contributed by atoms with Gasteiger partial charge < -0.3 is 10.1 Å². The molecule has 0 saturated heterocycles. The first-order valence-corrected chi connectivity index (χ1v) is 10.6. The van der Waals surface area contributed by atoms with Crippen molar-refractivity contribution in [3.05, 3.63) is 40.3 Å². The molecule has 1 aromatic carbocycles. The predicted molar refractivity (Wildman–Crippen MR) is 117 cm³/mol. The highest BCUT2D eigenvalue weighted by Crippen LogP contribution is 2.17. The summed E-state index contributed by atoms with van der Waals surface area (Å²) < 4.78 is 6.64. The molecular formula is C23H30N4O4. The van der Waals surface area contributed by atoms with Crippen LogP contribution in [-0.4, -0.2) is 33.3 Å². The van der Waals surface area contributed by atoms with Gasteiger partial charge in [0.25, 0.3) is 11.5 Å². The number of aryl methyl sites for hydroxylation is 1. The van der Waals surface area contributed by atoms with Crippen molar-refractivity contribution in [2.24, 2.45) is 5.92 Å². The van der Waals surface area contributed by atoms with Crippen molar-refractivity contribution < 1.29 is 14.3 Å². The maximum atomic E-state index is 12.9. The SMILES string of the molecule is CCCCCn1nc(C(=O)OC(C)C(=O)NC(C)(C#N)C(C)C)c2ccccc2c1=O. The third kappa shape index (κ3) is 5.48. The Labute approximate surface area is 182 Å². The number of hydrogen-bond donors (Lipinski definition) is 1. The molecule has 1 aromatic heterocycles. The molecule has 0 fully saturated rings. The van der Waals surface area contributed by atoms with Crippen LogP contribution in [0.4, 0.5) is 0 Å². The van der Waals surface area contributed by atoms with Gasteiger partial charge in [-0.2, -0.15) is 10.4 Å². The van der Waals surface area contributed by atoms with Crippen LogP contribution >= 0.6 is 0 Å². The summed E-state index contributed by atoms with van der Waals surface area (Å²) >= 11 is 0. The second-order valence-electron chi connectivity index (χ2n) is 8.14. The molecule has 2 unspecified atom stereocenters. The Hall–Kier alpha value is -3.21. The molecule has 2 atom stereocenters. The molecule has 2 aromatic rings. The molecule has 0 aliphatic rings. The van der Waals surface area contributed by atoms with Gasteiger partial charge in [-0.05, 0) is 32.3 Å². The van der Waals surface area contributed by atoms with E-state index in [1.807, 2.05) is 13.8 Å². The highest BCUT2D eigenvalue weighted by Gasteiger charge is 2.33. The number of fused-ring (bicyclic) bond motifs is 1. The van der Waals surface area contributed by atoms with Gasteiger partial charge in [-0.15, -0.1) is 0 Å². The molecule has 8 nitrogen and oxygen atoms in total. The van der Waals surface area contributed by atoms with Crippen LogP contribution in [0.3, 0.4) is 0 Å². The molecule has 2 rings (SSSR count). The standard InChI is InChI=1S/C23H30N4O4/c1-6-7-10-13-27-21(29)18-12-9-8-11-17(18)19(26-27)22(30)31-16(4)20(28)25-23(5,14-24)15(2)3/h8-9,11-12,15-16H,6-7,10,13H2,1-5H3,(H,25,28). The fourth-order valence-electron chi connectivity index (χ4n) is 2.98. The highest BCUT2D eigenvalue weighted by atomic mass is 16.5. The van der Waals surface area contributed by atoms with E-state index in [4.69, 9.17) is 4.74 Å². The van der Waals surface area contributed by atoms with Gasteiger partial charge in [0, 0.05) is 11.9 Å². The van der Waals surface area contributed by atoms with Gasteiger partial charge in [-0.1, -0.05) is 51.8 Å². The van der Waals surface area contributed by atoms with Crippen LogP contribution in [0.5, 0.6) is 0 Å². The maximum absolute atomic E-state index is 12.9. The molecule has 8 heteroatoms. The summed E-state index contributed by atoms with van der Waals surface area (Å²) in [5.74, 6) is -1.51. The van der Waals surface area contributed by atoms with Crippen LogP contribution in [0.15, 0.2) is 29.1 Å². The molecule has 166 valence electrons. The maximum Gasteiger partial charge on any atom is 0.360 e. The van der Waals surface area contributed by atoms with E-state index >= 15 is 0 Å². The Bertz CT molecular complexity index is 1050. The Balaban J connectivity index is 2.31. The summed E-state index contributed by atoms with van der Waals surface area (Å²) in [7, 11) is 0. The average molecular weight is 427 g/mol. The lowest BCUT2D eigenvalue weighted by Gasteiger charge is -2.28. The quantitative estimate of drug-likeness (QED) is 0.486. The molecule has 1 heterocycles. The Morgan fingerprint density at radius 1 is 1.23 bits per heavy atom. The number of esters is 1. The molecule has 0 aliphatic heterocycles. The third-order valence-corrected chi connectivity index (χ3v) is 5.46. The zero-order chi connectivity index (χ0) is 23.2. The zero-order valence-corrected chi connectivity index (χ0v) is 18.8. The van der Waals surface area contributed by atoms with Crippen LogP contribution < -0.4 is 10.9 Å². The number of rotatable bonds is 9. The summed E-state index contributed by atoms with van der Waals surface area (Å²) in [5, 5.41) is 17.0. The lowest BCUT2D eigenvalue weighted by Crippen LogP contribution is -2.52. The van der Waals surface area contributed by atoms with E-state index in [2.05, 4.69) is 23.4 Å². The fourth-order valence-corrected chi connectivity index (χ4v) is 2.98. The number of nitriles is 1. The molecule has 1 N–H and O–H groups in total. The molecular weight excluding hydrogens is 396 g/mol. The Morgan fingerprint density at radius 3 is 2.45 bits per heavy atom. The van der Waals surface area contributed by atoms with Gasteiger partial charge in [0.1, 0.15) is 5.54 Å². The first-order chi connectivity index (χ1) is 14.6. The third-order valence-electron chi connectivity index (χ3n) is 5.46. The Morgan fingerprint density at radius 2 is 1.87 bits per heavy atom. The largest absolute Gasteiger partial charge is 0.448 e. The number of carbonyl (C=O) groups is 2. The van der Waals surface area contributed by atoms with Gasteiger partial charge >= 0.3 is 5.97 Å². The van der Waals surface area contributed by atoms with Gasteiger partial charge in [0.05, 0.1) is 11.5 Å². The van der Waals surface area contributed by atoms with E-state index in [1.165, 1.54) is 11.6 Å². The number of unbranched alkanes of at least 4 members (excludes halogenated alkanes) is 2. The van der Waals surface area contributed by atoms with E-state index < -0.39 is 23.5 Å². The van der Waals surface area contributed by atoms with Crippen molar-refractivity contribution in [3.8, 4) is 6.07 Å². The van der Waals surface area contributed by atoms with Crippen LogP contribution in [0.1, 0.15) is 64.4 Å². The van der Waals surface area contributed by atoms with Crippen LogP contribution in [0.25, 0.3) is 10.8 Å². The molecule has 0 saturated carbocycles. The lowest BCUT2D eigenvalue weighted by molar-refractivity contribution is -0.130. The highest BCUT2D eigenvalue weighted by molar-refractivity contribution is 6.02. The van der Waals surface area contributed by atoms with E-state index in [0.29, 0.717) is 17.3 Å². The summed E-state index contributed by atoms with van der Waals surface area (Å²) in [5.41, 5.74) is -1.37. The molecule has 0 radical (unpaired) electrons. The second kappa shape index (κ2) is 10.2. The number of hydrogen-bond acceptors (Lipinski definition) is 6. The van der Waals surface area contributed by atoms with Crippen molar-refractivity contribution >= 4 is 22.6 Å². The zero-order valence-electron chi connectivity index (χ0n) is 18.8. The number of aromatic nitrogens is 2. The van der Waals surface area contributed by atoms with Crippen molar-refractivity contribution in [3.63, 3.8) is 0 Å². The average Bonchev–Trinajstić information content (AvgIpc) is 2.75. The van der Waals surface area contributed by atoms with E-state index in [0.717, 1.165) is 19.3 Å². The first-order valence-electron chi connectivity index (χ1n) is 10.6. The molecule has 31 heavy (non-hydrogen) atoms. The monoisotopic (exact) mass is 426 g/mol. The van der Waals surface area contributed by atoms with Gasteiger partial charge in [0.2, 0.25) is 0 Å². The van der Waals surface area contributed by atoms with Crippen LogP contribution in [0, 0.1) is 17.2 Å². The van der Waals surface area contributed by atoms with Gasteiger partial charge in [-0.3, -0.25) is 9.59 Å². The smallest absolute Gasteiger partial charge is 0.360 e. The van der Waals surface area contributed by atoms with Gasteiger partial charge in [0.15, 0.2) is 11.8 Å². The van der Waals surface area contributed by atoms with E-state index in [-0.39, 0.29) is 17.2 Å². The van der Waals surface area contributed by atoms with Crippen molar-refractivity contribution in [2.45, 2.75) is 72.1 Å². The Kier molecular flexibility index (Phi) is 7.92. The predicted octanol–water partition coefficient (Wildman–Crippen LogP) is 3.19. The van der Waals surface area contributed by atoms with Crippen molar-refractivity contribution in [2.75, 3.05) is 0 Å². The minimum Gasteiger partial charge on any atom is -0.448 e. The number of nitrogens with one attached hydrogen (secondary N) is 1.